The van der Waals surface area contributed by atoms with Crippen molar-refractivity contribution in [3.05, 3.63) is 28.0 Å². The molecule has 0 aliphatic heterocycles. The Hall–Kier alpha value is -1.19. The number of hydrogen-bond donors (Lipinski definition) is 0. The topological polar surface area (TPSA) is 38.7 Å². The maximum absolute atomic E-state index is 13.6. The zero-order chi connectivity index (χ0) is 13.5. The molecule has 0 radical (unpaired) electrons. The third kappa shape index (κ3) is 2.33. The van der Waals surface area contributed by atoms with Gasteiger partial charge in [-0.3, -0.25) is 0 Å². The van der Waals surface area contributed by atoms with Crippen molar-refractivity contribution in [3.63, 3.8) is 0 Å². The molecule has 0 heterocycles. The van der Waals surface area contributed by atoms with E-state index in [0.29, 0.717) is 15.8 Å². The summed E-state index contributed by atoms with van der Waals surface area (Å²) in [6.45, 7) is 0. The van der Waals surface area contributed by atoms with E-state index < -0.39 is 5.54 Å². The van der Waals surface area contributed by atoms with Gasteiger partial charge in [0.2, 0.25) is 6.08 Å². The molecule has 2 aliphatic rings. The van der Waals surface area contributed by atoms with E-state index in [4.69, 9.17) is 4.74 Å². The van der Waals surface area contributed by atoms with E-state index in [9.17, 15) is 9.18 Å². The van der Waals surface area contributed by atoms with Crippen LogP contribution in [0.2, 0.25) is 0 Å². The van der Waals surface area contributed by atoms with E-state index in [2.05, 4.69) is 20.9 Å². The number of hydrogen-bond acceptors (Lipinski definition) is 3. The van der Waals surface area contributed by atoms with Gasteiger partial charge >= 0.3 is 0 Å². The van der Waals surface area contributed by atoms with E-state index in [-0.39, 0.29) is 11.9 Å². The van der Waals surface area contributed by atoms with Crippen LogP contribution in [0.5, 0.6) is 5.75 Å². The van der Waals surface area contributed by atoms with E-state index in [0.717, 1.165) is 32.1 Å². The van der Waals surface area contributed by atoms with Crippen LogP contribution in [-0.4, -0.2) is 12.2 Å². The number of ether oxygens (including phenoxy) is 1. The highest BCUT2D eigenvalue weighted by atomic mass is 79.9. The van der Waals surface area contributed by atoms with Gasteiger partial charge in [-0.25, -0.2) is 9.18 Å². The molecular weight excluding hydrogens is 313 g/mol. The number of benzene rings is 1. The summed E-state index contributed by atoms with van der Waals surface area (Å²) in [6, 6.07) is 2.81. The Morgan fingerprint density at radius 2 is 2.16 bits per heavy atom. The summed E-state index contributed by atoms with van der Waals surface area (Å²) in [5, 5.41) is 0. The van der Waals surface area contributed by atoms with Crippen molar-refractivity contribution >= 4 is 22.0 Å². The normalized spacial score (nSPS) is 20.3. The Kier molecular flexibility index (Phi) is 3.19. The first-order valence-electron chi connectivity index (χ1n) is 6.40. The van der Waals surface area contributed by atoms with Crippen molar-refractivity contribution < 1.29 is 13.9 Å². The molecule has 100 valence electrons. The standard InChI is InChI=1S/C14H13BrFNO2/c15-12-7-9(16)6-11(14(4-5-14)17-8-18)13(12)19-10-2-1-3-10/h6-7,10H,1-5H2. The highest BCUT2D eigenvalue weighted by Crippen LogP contribution is 2.54. The van der Waals surface area contributed by atoms with Crippen molar-refractivity contribution in [2.24, 2.45) is 4.99 Å². The minimum atomic E-state index is -0.620. The van der Waals surface area contributed by atoms with Crippen LogP contribution in [-0.2, 0) is 10.3 Å². The van der Waals surface area contributed by atoms with E-state index >= 15 is 0 Å². The SMILES string of the molecule is O=C=NC1(c2cc(F)cc(Br)c2OC2CCC2)CC1. The number of rotatable bonds is 4. The van der Waals surface area contributed by atoms with Crippen LogP contribution in [0.4, 0.5) is 4.39 Å². The largest absolute Gasteiger partial charge is 0.489 e. The first-order valence-corrected chi connectivity index (χ1v) is 7.19. The highest BCUT2D eigenvalue weighted by molar-refractivity contribution is 9.10. The average molecular weight is 326 g/mol. The molecular formula is C14H13BrFNO2. The number of isocyanates is 1. The molecule has 1 aromatic rings. The predicted octanol–water partition coefficient (Wildman–Crippen LogP) is 3.84. The van der Waals surface area contributed by atoms with Gasteiger partial charge in [-0.15, -0.1) is 0 Å². The summed E-state index contributed by atoms with van der Waals surface area (Å²) in [4.78, 5) is 14.4. The van der Waals surface area contributed by atoms with Crippen LogP contribution in [0.15, 0.2) is 21.6 Å². The fourth-order valence-electron chi connectivity index (χ4n) is 2.33. The van der Waals surface area contributed by atoms with Crippen LogP contribution in [0, 0.1) is 5.82 Å². The molecule has 0 bridgehead atoms. The lowest BCUT2D eigenvalue weighted by molar-refractivity contribution is 0.117. The molecule has 0 unspecified atom stereocenters. The first-order chi connectivity index (χ1) is 9.14. The Morgan fingerprint density at radius 3 is 2.68 bits per heavy atom. The predicted molar refractivity (Wildman–Crippen MR) is 71.4 cm³/mol. The maximum atomic E-state index is 13.6. The minimum Gasteiger partial charge on any atom is -0.489 e. The molecule has 5 heteroatoms. The monoisotopic (exact) mass is 325 g/mol. The summed E-state index contributed by atoms with van der Waals surface area (Å²) in [5.41, 5.74) is 0.0421. The van der Waals surface area contributed by atoms with Crippen LogP contribution >= 0.6 is 15.9 Å². The number of carbonyl (C=O) groups excluding carboxylic acids is 1. The van der Waals surface area contributed by atoms with Gasteiger partial charge < -0.3 is 4.74 Å². The lowest BCUT2D eigenvalue weighted by Gasteiger charge is -2.29. The van der Waals surface area contributed by atoms with Crippen molar-refractivity contribution in [2.45, 2.75) is 43.7 Å². The molecule has 0 aromatic heterocycles. The molecule has 2 saturated carbocycles. The molecule has 3 rings (SSSR count). The molecule has 1 aromatic carbocycles. The Bertz CT molecular complexity index is 561. The van der Waals surface area contributed by atoms with Gasteiger partial charge in [-0.05, 0) is 60.2 Å². The van der Waals surface area contributed by atoms with Crippen LogP contribution in [0.25, 0.3) is 0 Å². The quantitative estimate of drug-likeness (QED) is 0.623. The van der Waals surface area contributed by atoms with Crippen LogP contribution in [0.1, 0.15) is 37.7 Å². The minimum absolute atomic E-state index is 0.191. The van der Waals surface area contributed by atoms with E-state index in [1.807, 2.05) is 0 Å². The molecule has 2 aliphatic carbocycles. The highest BCUT2D eigenvalue weighted by Gasteiger charge is 2.48. The molecule has 2 fully saturated rings. The molecule has 0 amide bonds. The third-order valence-electron chi connectivity index (χ3n) is 3.83. The second-order valence-corrected chi connectivity index (χ2v) is 6.02. The summed E-state index contributed by atoms with van der Waals surface area (Å²) in [7, 11) is 0. The summed E-state index contributed by atoms with van der Waals surface area (Å²) < 4.78 is 20.1. The third-order valence-corrected chi connectivity index (χ3v) is 4.42. The number of aliphatic imine (C=N–C) groups is 1. The van der Waals surface area contributed by atoms with Crippen molar-refractivity contribution in [1.29, 1.82) is 0 Å². The number of nitrogens with zero attached hydrogens (tertiary/aromatic N) is 1. The Morgan fingerprint density at radius 1 is 1.42 bits per heavy atom. The van der Waals surface area contributed by atoms with Crippen molar-refractivity contribution in [2.75, 3.05) is 0 Å². The van der Waals surface area contributed by atoms with Gasteiger partial charge in [0, 0.05) is 5.56 Å². The average Bonchev–Trinajstić information content (AvgIpc) is 3.06. The molecule has 0 saturated heterocycles. The fraction of sp³-hybridized carbons (Fsp3) is 0.500. The second kappa shape index (κ2) is 4.73. The summed E-state index contributed by atoms with van der Waals surface area (Å²) >= 11 is 3.35. The maximum Gasteiger partial charge on any atom is 0.235 e. The van der Waals surface area contributed by atoms with Gasteiger partial charge in [-0.1, -0.05) is 0 Å². The van der Waals surface area contributed by atoms with Crippen molar-refractivity contribution in [1.82, 2.24) is 0 Å². The van der Waals surface area contributed by atoms with Gasteiger partial charge in [0.15, 0.2) is 0 Å². The van der Waals surface area contributed by atoms with Gasteiger partial charge in [0.25, 0.3) is 0 Å². The van der Waals surface area contributed by atoms with Gasteiger partial charge in [0.05, 0.1) is 10.6 Å². The summed E-state index contributed by atoms with van der Waals surface area (Å²) in [5.74, 6) is 0.276. The zero-order valence-corrected chi connectivity index (χ0v) is 11.9. The smallest absolute Gasteiger partial charge is 0.235 e. The molecule has 0 atom stereocenters. The first kappa shape index (κ1) is 12.8. The van der Waals surface area contributed by atoms with Gasteiger partial charge in [0.1, 0.15) is 17.1 Å². The molecule has 0 N–H and O–H groups in total. The summed E-state index contributed by atoms with van der Waals surface area (Å²) in [6.07, 6.45) is 6.47. The number of halogens is 2. The lowest BCUT2D eigenvalue weighted by atomic mass is 9.95. The van der Waals surface area contributed by atoms with E-state index in [1.165, 1.54) is 12.1 Å². The molecule has 3 nitrogen and oxygen atoms in total. The van der Waals surface area contributed by atoms with Crippen LogP contribution < -0.4 is 4.74 Å². The van der Waals surface area contributed by atoms with Crippen molar-refractivity contribution in [3.8, 4) is 5.75 Å². The van der Waals surface area contributed by atoms with Gasteiger partial charge in [-0.2, -0.15) is 4.99 Å². The van der Waals surface area contributed by atoms with Crippen LogP contribution in [0.3, 0.4) is 0 Å². The van der Waals surface area contributed by atoms with E-state index in [1.54, 1.807) is 6.08 Å². The Labute approximate surface area is 119 Å². The molecule has 19 heavy (non-hydrogen) atoms. The zero-order valence-electron chi connectivity index (χ0n) is 10.3. The second-order valence-electron chi connectivity index (χ2n) is 5.17. The lowest BCUT2D eigenvalue weighted by Crippen LogP contribution is -2.26. The Balaban J connectivity index is 2.03. The molecule has 0 spiro atoms. The fourth-order valence-corrected chi connectivity index (χ4v) is 2.85.